The van der Waals surface area contributed by atoms with Crippen molar-refractivity contribution in [1.29, 1.82) is 0 Å². The number of aromatic nitrogens is 3. The Kier molecular flexibility index (Phi) is 7.26. The van der Waals surface area contributed by atoms with Crippen LogP contribution in [0.4, 0.5) is 29.5 Å². The molecule has 2 aromatic heterocycles. The molecule has 1 atom stereocenters. The van der Waals surface area contributed by atoms with Gasteiger partial charge in [-0.05, 0) is 81.1 Å². The van der Waals surface area contributed by atoms with E-state index < -0.39 is 23.4 Å². The van der Waals surface area contributed by atoms with E-state index in [0.717, 1.165) is 23.4 Å². The van der Waals surface area contributed by atoms with Gasteiger partial charge in [0, 0.05) is 31.5 Å². The molecule has 204 valence electrons. The van der Waals surface area contributed by atoms with Crippen LogP contribution in [0.2, 0.25) is 5.28 Å². The molecule has 1 aliphatic heterocycles. The van der Waals surface area contributed by atoms with Gasteiger partial charge in [-0.25, -0.2) is 9.78 Å². The van der Waals surface area contributed by atoms with E-state index in [1.165, 1.54) is 6.07 Å². The van der Waals surface area contributed by atoms with E-state index in [1.54, 1.807) is 11.8 Å². The molecule has 0 unspecified atom stereocenters. The number of amides is 1. The first-order chi connectivity index (χ1) is 17.6. The average molecular weight is 551 g/mol. The zero-order valence-corrected chi connectivity index (χ0v) is 22.5. The summed E-state index contributed by atoms with van der Waals surface area (Å²) in [7, 11) is 1.85. The Morgan fingerprint density at radius 1 is 1.18 bits per heavy atom. The van der Waals surface area contributed by atoms with Gasteiger partial charge in [0.2, 0.25) is 5.28 Å². The van der Waals surface area contributed by atoms with Gasteiger partial charge in [-0.3, -0.25) is 0 Å². The molecule has 3 aromatic rings. The molecular formula is C26H30ClF3N6O2. The van der Waals surface area contributed by atoms with Crippen molar-refractivity contribution in [3.05, 3.63) is 52.4 Å². The summed E-state index contributed by atoms with van der Waals surface area (Å²) in [5, 5.41) is 3.83. The lowest BCUT2D eigenvalue weighted by atomic mass is 10.0. The molecule has 3 heterocycles. The number of halogens is 4. The minimum Gasteiger partial charge on any atom is -0.444 e. The van der Waals surface area contributed by atoms with Crippen LogP contribution in [0.3, 0.4) is 0 Å². The number of ether oxygens (including phenoxy) is 1. The van der Waals surface area contributed by atoms with Crippen LogP contribution in [0.15, 0.2) is 30.3 Å². The van der Waals surface area contributed by atoms with Crippen LogP contribution in [0.25, 0.3) is 16.6 Å². The predicted octanol–water partition coefficient (Wildman–Crippen LogP) is 6.42. The first-order valence-corrected chi connectivity index (χ1v) is 12.4. The molecule has 1 aromatic carbocycles. The third-order valence-corrected chi connectivity index (χ3v) is 6.38. The van der Waals surface area contributed by atoms with Gasteiger partial charge < -0.3 is 25.3 Å². The van der Waals surface area contributed by atoms with Gasteiger partial charge in [-0.15, -0.1) is 0 Å². The summed E-state index contributed by atoms with van der Waals surface area (Å²) in [6.45, 7) is 8.09. The number of carbonyl (C=O) groups excluding carboxylic acids is 1. The standard InChI is InChI=1S/C26H30ClF3N6O2/c1-14(16-10-17(26(28,29)30)12-18(31)11-16)32-21-19-13-20(35(5)22(19)34-23(27)33-21)15-6-8-36(9-7-15)24(37)38-25(2,3)4/h6,10-14H,7-9,31H2,1-5H3,(H,32,33,34)/t14-/m1/s1. The SMILES string of the molecule is C[C@@H](Nc1nc(Cl)nc2c1cc(C1=CCN(C(=O)OC(C)(C)C)CC1)n2C)c1cc(N)cc(C(F)(F)F)c1. The molecule has 12 heteroatoms. The van der Waals surface area contributed by atoms with Gasteiger partial charge in [0.05, 0.1) is 17.0 Å². The number of hydrogen-bond acceptors (Lipinski definition) is 6. The summed E-state index contributed by atoms with van der Waals surface area (Å²) in [6, 6.07) is 4.81. The number of anilines is 2. The molecule has 0 fully saturated rings. The van der Waals surface area contributed by atoms with Crippen molar-refractivity contribution in [2.75, 3.05) is 24.1 Å². The predicted molar refractivity (Wildman–Crippen MR) is 142 cm³/mol. The fraction of sp³-hybridized carbons (Fsp3) is 0.423. The van der Waals surface area contributed by atoms with Crippen molar-refractivity contribution in [2.24, 2.45) is 7.05 Å². The molecule has 0 saturated carbocycles. The van der Waals surface area contributed by atoms with E-state index in [0.29, 0.717) is 41.9 Å². The Balaban J connectivity index is 1.63. The second-order valence-corrected chi connectivity index (χ2v) is 10.7. The quantitative estimate of drug-likeness (QED) is 0.287. The van der Waals surface area contributed by atoms with Gasteiger partial charge in [0.15, 0.2) is 0 Å². The van der Waals surface area contributed by atoms with Crippen molar-refractivity contribution in [2.45, 2.75) is 51.9 Å². The molecule has 1 amide bonds. The fourth-order valence-electron chi connectivity index (χ4n) is 4.36. The topological polar surface area (TPSA) is 98.3 Å². The van der Waals surface area contributed by atoms with Crippen LogP contribution in [-0.4, -0.2) is 44.2 Å². The fourth-order valence-corrected chi connectivity index (χ4v) is 4.52. The highest BCUT2D eigenvalue weighted by molar-refractivity contribution is 6.28. The van der Waals surface area contributed by atoms with E-state index in [-0.39, 0.29) is 17.1 Å². The highest BCUT2D eigenvalue weighted by Gasteiger charge is 2.32. The van der Waals surface area contributed by atoms with E-state index in [2.05, 4.69) is 15.3 Å². The molecule has 1 aliphatic rings. The lowest BCUT2D eigenvalue weighted by Gasteiger charge is -2.29. The zero-order valence-electron chi connectivity index (χ0n) is 21.8. The van der Waals surface area contributed by atoms with Crippen LogP contribution < -0.4 is 11.1 Å². The van der Waals surface area contributed by atoms with Crippen LogP contribution in [0, 0.1) is 0 Å². The second-order valence-electron chi connectivity index (χ2n) is 10.3. The maximum atomic E-state index is 13.3. The molecular weight excluding hydrogens is 521 g/mol. The summed E-state index contributed by atoms with van der Waals surface area (Å²) in [4.78, 5) is 22.8. The molecule has 8 nitrogen and oxygen atoms in total. The lowest BCUT2D eigenvalue weighted by Crippen LogP contribution is -2.39. The number of hydrogen-bond donors (Lipinski definition) is 2. The summed E-state index contributed by atoms with van der Waals surface area (Å²) >= 11 is 6.22. The normalized spacial score (nSPS) is 15.4. The number of nitrogens with zero attached hydrogens (tertiary/aromatic N) is 4. The zero-order chi connectivity index (χ0) is 28.0. The van der Waals surface area contributed by atoms with Gasteiger partial charge in [0.1, 0.15) is 17.1 Å². The molecule has 0 bridgehead atoms. The van der Waals surface area contributed by atoms with E-state index >= 15 is 0 Å². The van der Waals surface area contributed by atoms with Crippen molar-refractivity contribution in [1.82, 2.24) is 19.4 Å². The molecule has 3 N–H and O–H groups in total. The van der Waals surface area contributed by atoms with E-state index in [1.807, 2.05) is 44.5 Å². The minimum atomic E-state index is -4.52. The number of alkyl halides is 3. The van der Waals surface area contributed by atoms with E-state index in [4.69, 9.17) is 22.1 Å². The number of nitrogen functional groups attached to an aromatic ring is 1. The van der Waals surface area contributed by atoms with Crippen LogP contribution >= 0.6 is 11.6 Å². The van der Waals surface area contributed by atoms with E-state index in [9.17, 15) is 18.0 Å². The number of benzene rings is 1. The third-order valence-electron chi connectivity index (χ3n) is 6.21. The Bertz CT molecular complexity index is 1410. The van der Waals surface area contributed by atoms with Gasteiger partial charge in [-0.1, -0.05) is 6.08 Å². The third kappa shape index (κ3) is 5.98. The van der Waals surface area contributed by atoms with Gasteiger partial charge >= 0.3 is 12.3 Å². The second kappa shape index (κ2) is 10.0. The van der Waals surface area contributed by atoms with Crippen molar-refractivity contribution in [3.63, 3.8) is 0 Å². The van der Waals surface area contributed by atoms with Crippen molar-refractivity contribution < 1.29 is 22.7 Å². The Morgan fingerprint density at radius 2 is 1.89 bits per heavy atom. The summed E-state index contributed by atoms with van der Waals surface area (Å²) < 4.78 is 47.3. The summed E-state index contributed by atoms with van der Waals surface area (Å²) in [5.41, 5.74) is 7.18. The van der Waals surface area contributed by atoms with Crippen molar-refractivity contribution >= 4 is 45.8 Å². The maximum Gasteiger partial charge on any atom is 0.416 e. The number of rotatable bonds is 4. The number of aryl methyl sites for hydroxylation is 1. The van der Waals surface area contributed by atoms with Crippen LogP contribution in [-0.2, 0) is 18.0 Å². The number of fused-ring (bicyclic) bond motifs is 1. The number of carbonyl (C=O) groups is 1. The molecule has 0 spiro atoms. The highest BCUT2D eigenvalue weighted by Crippen LogP contribution is 2.35. The van der Waals surface area contributed by atoms with Crippen LogP contribution in [0.5, 0.6) is 0 Å². The number of nitrogens with one attached hydrogen (secondary N) is 1. The Labute approximate surface area is 223 Å². The first kappa shape index (κ1) is 27.6. The summed E-state index contributed by atoms with van der Waals surface area (Å²) in [5.74, 6) is 0.386. The average Bonchev–Trinajstić information content (AvgIpc) is 3.13. The molecule has 0 aliphatic carbocycles. The Hall–Kier alpha value is -3.47. The first-order valence-electron chi connectivity index (χ1n) is 12.1. The Morgan fingerprint density at radius 3 is 2.50 bits per heavy atom. The molecule has 38 heavy (non-hydrogen) atoms. The minimum absolute atomic E-state index is 0.00256. The largest absolute Gasteiger partial charge is 0.444 e. The molecule has 0 saturated heterocycles. The maximum absolute atomic E-state index is 13.3. The lowest BCUT2D eigenvalue weighted by molar-refractivity contribution is -0.137. The smallest absolute Gasteiger partial charge is 0.416 e. The molecule has 4 rings (SSSR count). The van der Waals surface area contributed by atoms with Crippen LogP contribution in [0.1, 0.15) is 57.0 Å². The summed E-state index contributed by atoms with van der Waals surface area (Å²) in [6.07, 6.45) is -2.31. The van der Waals surface area contributed by atoms with Gasteiger partial charge in [0.25, 0.3) is 0 Å². The highest BCUT2D eigenvalue weighted by atomic mass is 35.5. The van der Waals surface area contributed by atoms with Crippen molar-refractivity contribution in [3.8, 4) is 0 Å². The number of nitrogens with two attached hydrogens (primary N) is 1. The molecule has 0 radical (unpaired) electrons. The van der Waals surface area contributed by atoms with Gasteiger partial charge in [-0.2, -0.15) is 18.2 Å². The monoisotopic (exact) mass is 550 g/mol.